The minimum absolute atomic E-state index is 0.00808. The van der Waals surface area contributed by atoms with Gasteiger partial charge in [-0.2, -0.15) is 0 Å². The van der Waals surface area contributed by atoms with Gasteiger partial charge in [-0.15, -0.1) is 0 Å². The average molecular weight is 393 g/mol. The minimum Gasteiger partial charge on any atom is -0.512 e. The summed E-state index contributed by atoms with van der Waals surface area (Å²) in [5, 5.41) is 10.9. The molecule has 0 radical (unpaired) electrons. The summed E-state index contributed by atoms with van der Waals surface area (Å²) >= 11 is 0. The first-order valence-electron chi connectivity index (χ1n) is 10.7. The van der Waals surface area contributed by atoms with Crippen LogP contribution >= 0.6 is 0 Å². The predicted molar refractivity (Wildman–Crippen MR) is 111 cm³/mol. The molecule has 1 N–H and O–H groups in total. The molecule has 1 aliphatic heterocycles. The zero-order valence-corrected chi connectivity index (χ0v) is 18.4. The van der Waals surface area contributed by atoms with Gasteiger partial charge in [-0.1, -0.05) is 34.1 Å². The molecule has 0 aromatic heterocycles. The number of hydrogen-bond acceptors (Lipinski definition) is 3. The SMILES string of the molecule is COC1=CC2C(C(O)=C1)[C@]1(C)CC[C@H]3C(C)(C)CCC[C@]3(C)[C@H]1CCS2=O. The highest BCUT2D eigenvalue weighted by Gasteiger charge is 2.62. The van der Waals surface area contributed by atoms with Crippen LogP contribution in [0.4, 0.5) is 0 Å². The van der Waals surface area contributed by atoms with Crippen molar-refractivity contribution in [2.75, 3.05) is 12.9 Å². The zero-order valence-electron chi connectivity index (χ0n) is 17.6. The van der Waals surface area contributed by atoms with Crippen molar-refractivity contribution in [1.82, 2.24) is 0 Å². The van der Waals surface area contributed by atoms with Gasteiger partial charge in [-0.05, 0) is 66.3 Å². The number of rotatable bonds is 1. The quantitative estimate of drug-likeness (QED) is 0.653. The van der Waals surface area contributed by atoms with Gasteiger partial charge in [0.15, 0.2) is 0 Å². The molecule has 4 rings (SSSR count). The van der Waals surface area contributed by atoms with E-state index in [1.165, 1.54) is 25.7 Å². The van der Waals surface area contributed by atoms with E-state index in [0.717, 1.165) is 24.5 Å². The van der Waals surface area contributed by atoms with Crippen LogP contribution in [-0.2, 0) is 15.5 Å². The molecular weight excluding hydrogens is 356 g/mol. The zero-order chi connectivity index (χ0) is 19.6. The number of aliphatic hydroxyl groups excluding tert-OH is 1. The highest BCUT2D eigenvalue weighted by atomic mass is 32.2. The van der Waals surface area contributed by atoms with Gasteiger partial charge in [-0.25, -0.2) is 0 Å². The maximum absolute atomic E-state index is 13.2. The molecule has 3 fully saturated rings. The maximum atomic E-state index is 13.2. The Kier molecular flexibility index (Phi) is 4.61. The highest BCUT2D eigenvalue weighted by molar-refractivity contribution is 7.85. The largest absolute Gasteiger partial charge is 0.512 e. The number of hydrogen-bond donors (Lipinski definition) is 1. The summed E-state index contributed by atoms with van der Waals surface area (Å²) in [7, 11) is 0.655. The Balaban J connectivity index is 1.80. The molecule has 0 spiro atoms. The number of aliphatic hydroxyl groups is 1. The summed E-state index contributed by atoms with van der Waals surface area (Å²) in [6.45, 7) is 9.82. The Morgan fingerprint density at radius 2 is 1.81 bits per heavy atom. The Bertz CT molecular complexity index is 708. The van der Waals surface area contributed by atoms with E-state index in [0.29, 0.717) is 22.9 Å². The van der Waals surface area contributed by atoms with Crippen molar-refractivity contribution in [3.05, 3.63) is 23.7 Å². The van der Waals surface area contributed by atoms with Crippen LogP contribution in [0.1, 0.15) is 66.2 Å². The van der Waals surface area contributed by atoms with Crippen molar-refractivity contribution >= 4 is 10.8 Å². The van der Waals surface area contributed by atoms with Gasteiger partial charge >= 0.3 is 0 Å². The van der Waals surface area contributed by atoms with Crippen LogP contribution in [0.5, 0.6) is 0 Å². The van der Waals surface area contributed by atoms with Crippen LogP contribution in [-0.4, -0.2) is 27.4 Å². The summed E-state index contributed by atoms with van der Waals surface area (Å²) in [4.78, 5) is 0. The fourth-order valence-corrected chi connectivity index (χ4v) is 9.65. The molecule has 1 heterocycles. The van der Waals surface area contributed by atoms with E-state index < -0.39 is 10.8 Å². The third kappa shape index (κ3) is 2.76. The molecule has 3 aliphatic carbocycles. The van der Waals surface area contributed by atoms with Crippen LogP contribution < -0.4 is 0 Å². The van der Waals surface area contributed by atoms with E-state index in [2.05, 4.69) is 27.7 Å². The molecule has 0 aromatic rings. The van der Waals surface area contributed by atoms with E-state index in [1.54, 1.807) is 13.2 Å². The number of fused-ring (bicyclic) bond motifs is 5. The van der Waals surface area contributed by atoms with Crippen LogP contribution in [0.3, 0.4) is 0 Å². The first-order chi connectivity index (χ1) is 12.6. The Morgan fingerprint density at radius 1 is 1.07 bits per heavy atom. The van der Waals surface area contributed by atoms with Gasteiger partial charge in [-0.3, -0.25) is 4.21 Å². The summed E-state index contributed by atoms with van der Waals surface area (Å²) in [6, 6.07) is 0. The molecule has 3 unspecified atom stereocenters. The van der Waals surface area contributed by atoms with Gasteiger partial charge in [0.1, 0.15) is 11.5 Å². The topological polar surface area (TPSA) is 46.5 Å². The number of ether oxygens (including phenoxy) is 1. The fraction of sp³-hybridized carbons (Fsp3) is 0.826. The molecule has 4 aliphatic rings. The van der Waals surface area contributed by atoms with Crippen molar-refractivity contribution in [3.8, 4) is 0 Å². The third-order valence-corrected chi connectivity index (χ3v) is 10.6. The lowest BCUT2D eigenvalue weighted by atomic mass is 9.41. The summed E-state index contributed by atoms with van der Waals surface area (Å²) in [5.74, 6) is 2.97. The van der Waals surface area contributed by atoms with Gasteiger partial charge < -0.3 is 9.84 Å². The van der Waals surface area contributed by atoms with Crippen LogP contribution in [0.25, 0.3) is 0 Å². The van der Waals surface area contributed by atoms with E-state index in [1.807, 2.05) is 6.08 Å². The van der Waals surface area contributed by atoms with E-state index in [4.69, 9.17) is 4.74 Å². The molecule has 7 atom stereocenters. The maximum Gasteiger partial charge on any atom is 0.119 e. The molecular formula is C23H36O3S. The molecule has 1 saturated heterocycles. The Hall–Kier alpha value is -0.770. The molecule has 0 amide bonds. The van der Waals surface area contributed by atoms with Crippen LogP contribution in [0.15, 0.2) is 23.7 Å². The van der Waals surface area contributed by atoms with Gasteiger partial charge in [0, 0.05) is 28.5 Å². The second kappa shape index (κ2) is 6.37. The number of allylic oxidation sites excluding steroid dienone is 2. The highest BCUT2D eigenvalue weighted by Crippen LogP contribution is 2.68. The molecule has 0 bridgehead atoms. The molecule has 152 valence electrons. The number of methoxy groups -OCH3 is 1. The predicted octanol–water partition coefficient (Wildman–Crippen LogP) is 5.36. The van der Waals surface area contributed by atoms with Gasteiger partial charge in [0.2, 0.25) is 0 Å². The van der Waals surface area contributed by atoms with Crippen LogP contribution in [0.2, 0.25) is 0 Å². The molecule has 27 heavy (non-hydrogen) atoms. The minimum atomic E-state index is -0.967. The lowest BCUT2D eigenvalue weighted by molar-refractivity contribution is -0.144. The van der Waals surface area contributed by atoms with Crippen molar-refractivity contribution in [2.24, 2.45) is 34.0 Å². The Labute approximate surface area is 167 Å². The van der Waals surface area contributed by atoms with Crippen molar-refractivity contribution < 1.29 is 14.1 Å². The summed E-state index contributed by atoms with van der Waals surface area (Å²) in [6.07, 6.45) is 11.0. The van der Waals surface area contributed by atoms with Gasteiger partial charge in [0.25, 0.3) is 0 Å². The third-order valence-electron chi connectivity index (χ3n) is 8.96. The molecule has 0 aromatic carbocycles. The molecule has 2 saturated carbocycles. The van der Waals surface area contributed by atoms with Crippen molar-refractivity contribution in [3.63, 3.8) is 0 Å². The lowest BCUT2D eigenvalue weighted by Crippen LogP contribution is -2.57. The van der Waals surface area contributed by atoms with E-state index in [9.17, 15) is 9.32 Å². The summed E-state index contributed by atoms with van der Waals surface area (Å²) in [5.41, 5.74) is 0.651. The first kappa shape index (κ1) is 19.5. The van der Waals surface area contributed by atoms with Crippen molar-refractivity contribution in [1.29, 1.82) is 0 Å². The summed E-state index contributed by atoms with van der Waals surface area (Å²) < 4.78 is 18.6. The van der Waals surface area contributed by atoms with Crippen LogP contribution in [0, 0.1) is 34.0 Å². The molecule has 3 nitrogen and oxygen atoms in total. The second-order valence-corrected chi connectivity index (χ2v) is 12.4. The normalized spacial score (nSPS) is 48.9. The van der Waals surface area contributed by atoms with Crippen molar-refractivity contribution in [2.45, 2.75) is 71.5 Å². The van der Waals surface area contributed by atoms with E-state index in [-0.39, 0.29) is 22.0 Å². The Morgan fingerprint density at radius 3 is 2.52 bits per heavy atom. The molecule has 4 heteroatoms. The second-order valence-electron chi connectivity index (χ2n) is 10.7. The smallest absolute Gasteiger partial charge is 0.119 e. The monoisotopic (exact) mass is 392 g/mol. The fourth-order valence-electron chi connectivity index (χ4n) is 7.87. The lowest BCUT2D eigenvalue weighted by Gasteiger charge is -2.64. The van der Waals surface area contributed by atoms with Gasteiger partial charge in [0.05, 0.1) is 12.4 Å². The standard InChI is InChI=1S/C23H36O3S/c1-21(2)9-6-10-22(3)18(21)7-11-23(4)19(22)8-12-27(25)17-14-15(26-5)13-16(24)20(17)23/h13-14,17-20,24H,6-12H2,1-5H3/t17?,18-,19+,20?,22-,23+,27?/m0/s1. The first-order valence-corrected chi connectivity index (χ1v) is 12.1. The van der Waals surface area contributed by atoms with E-state index >= 15 is 0 Å². The average Bonchev–Trinajstić information content (AvgIpc) is 2.70.